The fraction of sp³-hybridized carbons (Fsp3) is 0.619. The molecule has 0 aromatic rings. The standard InChI is InChI=1S/C21H27NO5/c1-3-20-17-13(6-7-14(23)18(17)25)10-16(22(2)11-12-4-5-12)21(20,27)9-8-15(24)19(20)26/h6-7,10,12,16,19,25-27H,3-5,8-9,11H2,1-2H3/p+1/t16-,19?,20+,21-/m1/s1. The summed E-state index contributed by atoms with van der Waals surface area (Å²) >= 11 is 0. The van der Waals surface area contributed by atoms with Gasteiger partial charge in [-0.3, -0.25) is 9.59 Å². The Hall–Kier alpha value is -1.76. The Morgan fingerprint density at radius 3 is 2.59 bits per heavy atom. The van der Waals surface area contributed by atoms with Gasteiger partial charge in [-0.2, -0.15) is 0 Å². The van der Waals surface area contributed by atoms with E-state index in [0.29, 0.717) is 11.5 Å². The van der Waals surface area contributed by atoms with Crippen LogP contribution in [0.3, 0.4) is 0 Å². The average molecular weight is 374 g/mol. The summed E-state index contributed by atoms with van der Waals surface area (Å²) in [6, 6.07) is -0.329. The molecule has 0 aromatic heterocycles. The van der Waals surface area contributed by atoms with Crippen molar-refractivity contribution < 1.29 is 29.8 Å². The molecule has 0 heterocycles. The van der Waals surface area contributed by atoms with Gasteiger partial charge in [-0.15, -0.1) is 0 Å². The Bertz CT molecular complexity index is 792. The van der Waals surface area contributed by atoms with Gasteiger partial charge < -0.3 is 20.2 Å². The molecule has 146 valence electrons. The zero-order chi connectivity index (χ0) is 19.6. The molecule has 4 N–H and O–H groups in total. The van der Waals surface area contributed by atoms with Crippen LogP contribution >= 0.6 is 0 Å². The maximum Gasteiger partial charge on any atom is 0.220 e. The van der Waals surface area contributed by atoms with Crippen molar-refractivity contribution in [2.45, 2.75) is 56.8 Å². The second kappa shape index (κ2) is 6.12. The van der Waals surface area contributed by atoms with Gasteiger partial charge in [0.1, 0.15) is 17.7 Å². The summed E-state index contributed by atoms with van der Waals surface area (Å²) in [6.45, 7) is 2.71. The number of quaternary nitrogens is 1. The highest BCUT2D eigenvalue weighted by Gasteiger charge is 2.68. The molecule has 0 bridgehead atoms. The van der Waals surface area contributed by atoms with E-state index in [1.165, 1.54) is 18.9 Å². The number of carbonyl (C=O) groups excluding carboxylic acids is 2. The van der Waals surface area contributed by atoms with Crippen molar-refractivity contribution in [3.05, 3.63) is 35.1 Å². The minimum Gasteiger partial charge on any atom is -0.504 e. The van der Waals surface area contributed by atoms with Crippen LogP contribution in [0.4, 0.5) is 0 Å². The van der Waals surface area contributed by atoms with Crippen molar-refractivity contribution in [2.75, 3.05) is 13.6 Å². The van der Waals surface area contributed by atoms with Gasteiger partial charge in [0.25, 0.3) is 0 Å². The van der Waals surface area contributed by atoms with E-state index in [9.17, 15) is 24.9 Å². The molecule has 6 nitrogen and oxygen atoms in total. The predicted molar refractivity (Wildman–Crippen MR) is 98.1 cm³/mol. The van der Waals surface area contributed by atoms with Crippen molar-refractivity contribution >= 4 is 11.6 Å². The third-order valence-electron chi connectivity index (χ3n) is 7.17. The van der Waals surface area contributed by atoms with Crippen molar-refractivity contribution in [2.24, 2.45) is 11.3 Å². The molecule has 0 spiro atoms. The second-order valence-electron chi connectivity index (χ2n) is 8.63. The van der Waals surface area contributed by atoms with Crippen LogP contribution in [0.25, 0.3) is 0 Å². The Morgan fingerprint density at radius 2 is 1.96 bits per heavy atom. The van der Waals surface area contributed by atoms with Gasteiger partial charge in [0.15, 0.2) is 11.5 Å². The molecular formula is C21H28NO5+. The van der Waals surface area contributed by atoms with Gasteiger partial charge in [-0.25, -0.2) is 0 Å². The number of ketones is 2. The van der Waals surface area contributed by atoms with Crippen LogP contribution in [0, 0.1) is 11.3 Å². The molecule has 4 rings (SSSR count). The molecule has 2 unspecified atom stereocenters. The number of aliphatic hydroxyl groups is 3. The number of hydrogen-bond acceptors (Lipinski definition) is 5. The van der Waals surface area contributed by atoms with E-state index in [2.05, 4.69) is 0 Å². The second-order valence-corrected chi connectivity index (χ2v) is 8.63. The average Bonchev–Trinajstić information content (AvgIpc) is 3.45. The minimum atomic E-state index is -1.45. The van der Waals surface area contributed by atoms with Crippen LogP contribution in [0.1, 0.15) is 39.0 Å². The number of fused-ring (bicyclic) bond motifs is 3. The summed E-state index contributed by atoms with van der Waals surface area (Å²) in [5.41, 5.74) is -1.93. The highest BCUT2D eigenvalue weighted by molar-refractivity contribution is 6.06. The van der Waals surface area contributed by atoms with E-state index in [1.54, 1.807) is 13.0 Å². The summed E-state index contributed by atoms with van der Waals surface area (Å²) in [7, 11) is 2.04. The lowest BCUT2D eigenvalue weighted by Gasteiger charge is -2.58. The van der Waals surface area contributed by atoms with Gasteiger partial charge in [-0.05, 0) is 43.4 Å². The third kappa shape index (κ3) is 2.43. The van der Waals surface area contributed by atoms with Crippen LogP contribution in [0.5, 0.6) is 0 Å². The lowest BCUT2D eigenvalue weighted by Crippen LogP contribution is -3.16. The zero-order valence-corrected chi connectivity index (χ0v) is 15.9. The van der Waals surface area contributed by atoms with E-state index in [4.69, 9.17) is 0 Å². The number of likely N-dealkylation sites (N-methyl/N-ethyl adjacent to an activating group) is 1. The molecule has 4 aliphatic carbocycles. The molecule has 2 fully saturated rings. The van der Waals surface area contributed by atoms with E-state index in [-0.39, 0.29) is 36.7 Å². The van der Waals surface area contributed by atoms with Gasteiger partial charge in [0.2, 0.25) is 5.78 Å². The summed E-state index contributed by atoms with van der Waals surface area (Å²) in [4.78, 5) is 25.8. The first-order chi connectivity index (χ1) is 12.8. The van der Waals surface area contributed by atoms with Crippen molar-refractivity contribution in [1.29, 1.82) is 0 Å². The van der Waals surface area contributed by atoms with Crippen LogP contribution in [-0.4, -0.2) is 58.2 Å². The Labute approximate surface area is 158 Å². The van der Waals surface area contributed by atoms with Crippen LogP contribution in [0.2, 0.25) is 0 Å². The van der Waals surface area contributed by atoms with E-state index in [0.717, 1.165) is 11.4 Å². The lowest BCUT2D eigenvalue weighted by molar-refractivity contribution is -0.910. The fourth-order valence-corrected chi connectivity index (χ4v) is 5.61. The molecule has 0 aliphatic heterocycles. The summed E-state index contributed by atoms with van der Waals surface area (Å²) in [5.74, 6) is -0.716. The number of nitrogens with one attached hydrogen (secondary N) is 1. The molecule has 4 aliphatic rings. The van der Waals surface area contributed by atoms with Crippen LogP contribution < -0.4 is 4.90 Å². The number of allylic oxidation sites excluding steroid dienone is 3. The Kier molecular flexibility index (Phi) is 4.22. The summed E-state index contributed by atoms with van der Waals surface area (Å²) in [6.07, 6.45) is 6.36. The number of carbonyl (C=O) groups is 2. The molecule has 5 atom stereocenters. The van der Waals surface area contributed by atoms with Crippen LogP contribution in [0.15, 0.2) is 35.1 Å². The molecule has 6 heteroatoms. The first-order valence-corrected chi connectivity index (χ1v) is 9.90. The van der Waals surface area contributed by atoms with E-state index < -0.39 is 28.7 Å². The summed E-state index contributed by atoms with van der Waals surface area (Å²) < 4.78 is 0. The summed E-state index contributed by atoms with van der Waals surface area (Å²) in [5, 5.41) is 33.6. The quantitative estimate of drug-likeness (QED) is 0.556. The van der Waals surface area contributed by atoms with Crippen molar-refractivity contribution in [3.63, 3.8) is 0 Å². The van der Waals surface area contributed by atoms with E-state index >= 15 is 0 Å². The predicted octanol–water partition coefficient (Wildman–Crippen LogP) is 0.0220. The highest BCUT2D eigenvalue weighted by atomic mass is 16.3. The molecule has 0 aromatic carbocycles. The zero-order valence-electron chi connectivity index (χ0n) is 15.9. The largest absolute Gasteiger partial charge is 0.504 e. The van der Waals surface area contributed by atoms with Crippen molar-refractivity contribution in [3.8, 4) is 0 Å². The van der Waals surface area contributed by atoms with Gasteiger partial charge in [0.05, 0.1) is 19.0 Å². The molecule has 0 saturated heterocycles. The lowest BCUT2D eigenvalue weighted by atomic mass is 9.49. The van der Waals surface area contributed by atoms with Crippen molar-refractivity contribution in [1.82, 2.24) is 0 Å². The smallest absolute Gasteiger partial charge is 0.220 e. The molecular weight excluding hydrogens is 346 g/mol. The fourth-order valence-electron chi connectivity index (χ4n) is 5.61. The molecule has 0 radical (unpaired) electrons. The Balaban J connectivity index is 1.94. The first kappa shape index (κ1) is 18.6. The third-order valence-corrected chi connectivity index (χ3v) is 7.17. The molecule has 2 saturated carbocycles. The van der Waals surface area contributed by atoms with E-state index in [1.807, 2.05) is 13.1 Å². The number of aliphatic hydroxyl groups excluding tert-OH is 2. The topological polar surface area (TPSA) is 99.3 Å². The van der Waals surface area contributed by atoms with Gasteiger partial charge in [0, 0.05) is 17.9 Å². The Morgan fingerprint density at radius 1 is 1.26 bits per heavy atom. The maximum absolute atomic E-state index is 12.5. The minimum absolute atomic E-state index is 0.0909. The monoisotopic (exact) mass is 374 g/mol. The highest BCUT2D eigenvalue weighted by Crippen LogP contribution is 2.58. The SMILES string of the molecule is CC[C@@]12C3=C(O)C(=O)C=CC3=C[C@@H]([NH+](C)CC3CC3)[C@]1(O)CCC(=O)C2O. The van der Waals surface area contributed by atoms with Crippen LogP contribution in [-0.2, 0) is 9.59 Å². The molecule has 0 amide bonds. The number of Topliss-reactive ketones (excluding diaryl/α,β-unsaturated/α-hetero) is 1. The normalized spacial score (nSPS) is 39.8. The number of hydrogen-bond donors (Lipinski definition) is 4. The number of rotatable bonds is 4. The first-order valence-electron chi connectivity index (χ1n) is 9.90. The van der Waals surface area contributed by atoms with Gasteiger partial charge in [-0.1, -0.05) is 13.0 Å². The maximum atomic E-state index is 12.5. The van der Waals surface area contributed by atoms with Gasteiger partial charge >= 0.3 is 0 Å². The molecule has 27 heavy (non-hydrogen) atoms.